The third kappa shape index (κ3) is 3.19. The maximum atomic E-state index is 12.6. The number of anilines is 2. The molecule has 7 heteroatoms. The van der Waals surface area contributed by atoms with Gasteiger partial charge in [-0.2, -0.15) is 0 Å². The van der Waals surface area contributed by atoms with Crippen LogP contribution in [0.1, 0.15) is 30.7 Å². The van der Waals surface area contributed by atoms with Crippen LogP contribution in [0, 0.1) is 6.92 Å². The van der Waals surface area contributed by atoms with E-state index >= 15 is 0 Å². The first-order valence-corrected chi connectivity index (χ1v) is 9.05. The SMILES string of the molecule is CCc1cccc(CC)c1NS(=O)(=O)c1sc(N)nc1C. The smallest absolute Gasteiger partial charge is 0.273 e. The minimum atomic E-state index is -3.66. The Bertz CT molecular complexity index is 729. The summed E-state index contributed by atoms with van der Waals surface area (Å²) < 4.78 is 28.0. The van der Waals surface area contributed by atoms with Gasteiger partial charge in [0.15, 0.2) is 9.34 Å². The van der Waals surface area contributed by atoms with Gasteiger partial charge in [-0.05, 0) is 30.9 Å². The van der Waals surface area contributed by atoms with Crippen LogP contribution in [-0.2, 0) is 22.9 Å². The monoisotopic (exact) mass is 325 g/mol. The van der Waals surface area contributed by atoms with Crippen molar-refractivity contribution in [2.24, 2.45) is 0 Å². The first kappa shape index (κ1) is 15.8. The van der Waals surface area contributed by atoms with Gasteiger partial charge in [-0.25, -0.2) is 13.4 Å². The molecule has 1 aromatic carbocycles. The van der Waals surface area contributed by atoms with Crippen molar-refractivity contribution in [3.8, 4) is 0 Å². The summed E-state index contributed by atoms with van der Waals surface area (Å²) >= 11 is 0.984. The van der Waals surface area contributed by atoms with Gasteiger partial charge in [0.2, 0.25) is 0 Å². The number of hydrogen-bond donors (Lipinski definition) is 2. The van der Waals surface area contributed by atoms with Gasteiger partial charge in [0.05, 0.1) is 11.4 Å². The standard InChI is InChI=1S/C14H19N3O2S2/c1-4-10-7-6-8-11(5-2)12(10)17-21(18,19)13-9(3)16-14(15)20-13/h6-8,17H,4-5H2,1-3H3,(H2,15,16). The molecular formula is C14H19N3O2S2. The molecule has 0 amide bonds. The van der Waals surface area contributed by atoms with Crippen molar-refractivity contribution in [3.63, 3.8) is 0 Å². The molecule has 0 spiro atoms. The molecule has 0 radical (unpaired) electrons. The number of aromatic nitrogens is 1. The maximum absolute atomic E-state index is 12.6. The quantitative estimate of drug-likeness (QED) is 0.885. The number of nitrogens with two attached hydrogens (primary N) is 1. The molecule has 2 rings (SSSR count). The first-order chi connectivity index (χ1) is 9.89. The van der Waals surface area contributed by atoms with Crippen molar-refractivity contribution >= 4 is 32.2 Å². The molecule has 114 valence electrons. The maximum Gasteiger partial charge on any atom is 0.273 e. The second-order valence-electron chi connectivity index (χ2n) is 4.69. The number of para-hydroxylation sites is 1. The predicted molar refractivity (Wildman–Crippen MR) is 87.3 cm³/mol. The summed E-state index contributed by atoms with van der Waals surface area (Å²) in [5.41, 5.74) is 8.66. The lowest BCUT2D eigenvalue weighted by molar-refractivity contribution is 0.602. The van der Waals surface area contributed by atoms with E-state index in [9.17, 15) is 8.42 Å². The average Bonchev–Trinajstić information content (AvgIpc) is 2.78. The molecule has 2 aromatic rings. The lowest BCUT2D eigenvalue weighted by Gasteiger charge is -2.15. The van der Waals surface area contributed by atoms with Crippen molar-refractivity contribution in [1.29, 1.82) is 0 Å². The molecular weight excluding hydrogens is 306 g/mol. The molecule has 0 atom stereocenters. The Morgan fingerprint density at radius 2 is 1.81 bits per heavy atom. The third-order valence-corrected chi connectivity index (χ3v) is 6.20. The van der Waals surface area contributed by atoms with Crippen molar-refractivity contribution in [2.45, 2.75) is 37.8 Å². The summed E-state index contributed by atoms with van der Waals surface area (Å²) in [4.78, 5) is 3.98. The zero-order chi connectivity index (χ0) is 15.6. The van der Waals surface area contributed by atoms with Crippen LogP contribution in [0.5, 0.6) is 0 Å². The number of sulfonamides is 1. The molecule has 0 aliphatic rings. The lowest BCUT2D eigenvalue weighted by atomic mass is 10.0. The molecule has 0 aliphatic heterocycles. The minimum absolute atomic E-state index is 0.174. The van der Waals surface area contributed by atoms with E-state index in [1.54, 1.807) is 6.92 Å². The Kier molecular flexibility index (Phi) is 4.53. The van der Waals surface area contributed by atoms with E-state index in [4.69, 9.17) is 5.73 Å². The van der Waals surface area contributed by atoms with Crippen LogP contribution >= 0.6 is 11.3 Å². The molecule has 1 heterocycles. The fourth-order valence-corrected chi connectivity index (χ4v) is 4.65. The summed E-state index contributed by atoms with van der Waals surface area (Å²) in [6.07, 6.45) is 1.52. The number of nitrogens with zero attached hydrogens (tertiary/aromatic N) is 1. The van der Waals surface area contributed by atoms with Crippen LogP contribution in [-0.4, -0.2) is 13.4 Å². The largest absolute Gasteiger partial charge is 0.375 e. The Morgan fingerprint density at radius 3 is 2.24 bits per heavy atom. The van der Waals surface area contributed by atoms with Gasteiger partial charge < -0.3 is 5.73 Å². The average molecular weight is 325 g/mol. The van der Waals surface area contributed by atoms with Gasteiger partial charge in [-0.1, -0.05) is 43.4 Å². The zero-order valence-corrected chi connectivity index (χ0v) is 13.9. The Balaban J connectivity index is 2.48. The van der Waals surface area contributed by atoms with Crippen LogP contribution in [0.4, 0.5) is 10.8 Å². The van der Waals surface area contributed by atoms with Gasteiger partial charge >= 0.3 is 0 Å². The summed E-state index contributed by atoms with van der Waals surface area (Å²) in [6, 6.07) is 5.82. The lowest BCUT2D eigenvalue weighted by Crippen LogP contribution is -2.15. The van der Waals surface area contributed by atoms with Gasteiger partial charge in [-0.3, -0.25) is 4.72 Å². The molecule has 0 fully saturated rings. The number of nitrogens with one attached hydrogen (secondary N) is 1. The van der Waals surface area contributed by atoms with Crippen molar-refractivity contribution in [1.82, 2.24) is 4.98 Å². The number of thiazole rings is 1. The highest BCUT2D eigenvalue weighted by molar-refractivity contribution is 7.94. The zero-order valence-electron chi connectivity index (χ0n) is 12.3. The topological polar surface area (TPSA) is 85.1 Å². The number of hydrogen-bond acceptors (Lipinski definition) is 5. The van der Waals surface area contributed by atoms with Gasteiger partial charge in [0.25, 0.3) is 10.0 Å². The molecule has 1 aromatic heterocycles. The fraction of sp³-hybridized carbons (Fsp3) is 0.357. The third-order valence-electron chi connectivity index (χ3n) is 3.25. The van der Waals surface area contributed by atoms with Crippen LogP contribution < -0.4 is 10.5 Å². The number of rotatable bonds is 5. The Labute approximate surface area is 129 Å². The van der Waals surface area contributed by atoms with Crippen LogP contribution in [0.15, 0.2) is 22.4 Å². The Morgan fingerprint density at radius 1 is 1.24 bits per heavy atom. The van der Waals surface area contributed by atoms with Gasteiger partial charge in [-0.15, -0.1) is 0 Å². The van der Waals surface area contributed by atoms with E-state index < -0.39 is 10.0 Å². The highest BCUT2D eigenvalue weighted by atomic mass is 32.2. The molecule has 21 heavy (non-hydrogen) atoms. The van der Waals surface area contributed by atoms with E-state index in [1.807, 2.05) is 32.0 Å². The molecule has 0 unspecified atom stereocenters. The molecule has 5 nitrogen and oxygen atoms in total. The van der Waals surface area contributed by atoms with Gasteiger partial charge in [0.1, 0.15) is 0 Å². The summed E-state index contributed by atoms with van der Waals surface area (Å²) in [5.74, 6) is 0. The highest BCUT2D eigenvalue weighted by Gasteiger charge is 2.23. The summed E-state index contributed by atoms with van der Waals surface area (Å²) in [6.45, 7) is 5.65. The summed E-state index contributed by atoms with van der Waals surface area (Å²) in [5, 5.41) is 0.257. The van der Waals surface area contributed by atoms with Crippen molar-refractivity contribution < 1.29 is 8.42 Å². The fourth-order valence-electron chi connectivity index (χ4n) is 2.21. The second kappa shape index (κ2) is 6.03. The molecule has 0 saturated carbocycles. The van der Waals surface area contributed by atoms with E-state index in [1.165, 1.54) is 0 Å². The van der Waals surface area contributed by atoms with Gasteiger partial charge in [0, 0.05) is 0 Å². The second-order valence-corrected chi connectivity index (χ2v) is 7.60. The summed E-state index contributed by atoms with van der Waals surface area (Å²) in [7, 11) is -3.66. The number of benzene rings is 1. The first-order valence-electron chi connectivity index (χ1n) is 6.75. The Hall–Kier alpha value is -1.60. The van der Waals surface area contributed by atoms with Crippen molar-refractivity contribution in [3.05, 3.63) is 35.0 Å². The van der Waals surface area contributed by atoms with E-state index in [0.717, 1.165) is 35.3 Å². The van der Waals surface area contributed by atoms with Crippen LogP contribution in [0.25, 0.3) is 0 Å². The van der Waals surface area contributed by atoms with E-state index in [0.29, 0.717) is 11.4 Å². The predicted octanol–water partition coefficient (Wildman–Crippen LogP) is 2.96. The normalized spacial score (nSPS) is 11.6. The highest BCUT2D eigenvalue weighted by Crippen LogP contribution is 2.30. The van der Waals surface area contributed by atoms with Crippen LogP contribution in [0.2, 0.25) is 0 Å². The molecule has 0 saturated heterocycles. The molecule has 0 aliphatic carbocycles. The minimum Gasteiger partial charge on any atom is -0.375 e. The molecule has 0 bridgehead atoms. The van der Waals surface area contributed by atoms with Crippen molar-refractivity contribution in [2.75, 3.05) is 10.5 Å². The molecule has 3 N–H and O–H groups in total. The van der Waals surface area contributed by atoms with E-state index in [2.05, 4.69) is 9.71 Å². The van der Waals surface area contributed by atoms with Crippen LogP contribution in [0.3, 0.4) is 0 Å². The van der Waals surface area contributed by atoms with E-state index in [-0.39, 0.29) is 9.34 Å². The number of nitrogen functional groups attached to an aromatic ring is 1. The number of aryl methyl sites for hydroxylation is 3.